The van der Waals surface area contributed by atoms with Crippen molar-refractivity contribution in [2.75, 3.05) is 32.7 Å². The molecule has 0 radical (unpaired) electrons. The molecule has 0 aliphatic rings. The largest absolute Gasteiger partial charge is 0.493 e. The fourth-order valence-corrected chi connectivity index (χ4v) is 2.67. The summed E-state index contributed by atoms with van der Waals surface area (Å²) >= 11 is 6.02. The van der Waals surface area contributed by atoms with E-state index in [-0.39, 0.29) is 33.3 Å². The molecule has 8 nitrogen and oxygen atoms in total. The molecule has 172 valence electrons. The number of anilines is 1. The summed E-state index contributed by atoms with van der Waals surface area (Å²) in [6, 6.07) is 8.65. The van der Waals surface area contributed by atoms with Gasteiger partial charge >= 0.3 is 12.1 Å². The van der Waals surface area contributed by atoms with E-state index in [0.717, 1.165) is 0 Å². The first-order valence-electron chi connectivity index (χ1n) is 8.88. The Kier molecular flexibility index (Phi) is 8.30. The van der Waals surface area contributed by atoms with Crippen molar-refractivity contribution in [3.63, 3.8) is 0 Å². The lowest BCUT2D eigenvalue weighted by Crippen LogP contribution is -2.36. The van der Waals surface area contributed by atoms with Crippen molar-refractivity contribution in [2.45, 2.75) is 6.18 Å². The van der Waals surface area contributed by atoms with Gasteiger partial charge in [-0.1, -0.05) is 23.7 Å². The van der Waals surface area contributed by atoms with Crippen molar-refractivity contribution >= 4 is 35.1 Å². The summed E-state index contributed by atoms with van der Waals surface area (Å²) in [6.07, 6.45) is -4.61. The molecule has 32 heavy (non-hydrogen) atoms. The summed E-state index contributed by atoms with van der Waals surface area (Å²) in [5.41, 5.74) is -0.172. The highest BCUT2D eigenvalue weighted by atomic mass is 35.5. The second-order valence-electron chi connectivity index (χ2n) is 6.15. The minimum absolute atomic E-state index is 0.0618. The van der Waals surface area contributed by atoms with Gasteiger partial charge in [0.05, 0.1) is 36.1 Å². The Bertz CT molecular complexity index is 1010. The maximum Gasteiger partial charge on any atom is 0.405 e. The predicted octanol–water partition coefficient (Wildman–Crippen LogP) is 3.44. The molecule has 0 bridgehead atoms. The lowest BCUT2D eigenvalue weighted by molar-refractivity contribution is -0.140. The number of carbonyl (C=O) groups excluding carboxylic acids is 3. The van der Waals surface area contributed by atoms with Gasteiger partial charge in [-0.25, -0.2) is 4.79 Å². The van der Waals surface area contributed by atoms with Crippen LogP contribution in [0.25, 0.3) is 0 Å². The first kappa shape index (κ1) is 24.8. The van der Waals surface area contributed by atoms with Crippen molar-refractivity contribution in [2.24, 2.45) is 0 Å². The van der Waals surface area contributed by atoms with Gasteiger partial charge in [-0.3, -0.25) is 9.59 Å². The lowest BCUT2D eigenvalue weighted by atomic mass is 10.1. The third-order valence-electron chi connectivity index (χ3n) is 3.93. The molecule has 0 spiro atoms. The molecule has 0 aromatic heterocycles. The van der Waals surface area contributed by atoms with Crippen LogP contribution in [0.1, 0.15) is 20.7 Å². The highest BCUT2D eigenvalue weighted by Gasteiger charge is 2.28. The molecule has 0 aliphatic carbocycles. The van der Waals surface area contributed by atoms with Crippen LogP contribution in [0.15, 0.2) is 36.4 Å². The fourth-order valence-electron chi connectivity index (χ4n) is 2.44. The molecular weight excluding hydrogens is 457 g/mol. The molecule has 0 unspecified atom stereocenters. The van der Waals surface area contributed by atoms with Crippen LogP contribution in [0.5, 0.6) is 11.5 Å². The molecule has 0 aliphatic heterocycles. The van der Waals surface area contributed by atoms with E-state index in [1.165, 1.54) is 38.5 Å². The standard InChI is InChI=1S/C20H18ClF3N2O6/c1-30-15-7-12(19(29)32-9-17(27)25-10-20(22,23)24)14(8-16(15)31-2)26-18(28)11-5-3-4-6-13(11)21/h3-8H,9-10H2,1-2H3,(H,25,27)(H,26,28). The van der Waals surface area contributed by atoms with Gasteiger partial charge < -0.3 is 24.8 Å². The number of hydrogen-bond acceptors (Lipinski definition) is 6. The molecule has 0 saturated heterocycles. The normalized spacial score (nSPS) is 10.8. The Hall–Kier alpha value is -3.47. The minimum Gasteiger partial charge on any atom is -0.493 e. The van der Waals surface area contributed by atoms with E-state index in [1.807, 2.05) is 0 Å². The Morgan fingerprint density at radius 3 is 2.22 bits per heavy atom. The van der Waals surface area contributed by atoms with Gasteiger partial charge in [0.25, 0.3) is 11.8 Å². The highest BCUT2D eigenvalue weighted by molar-refractivity contribution is 6.34. The van der Waals surface area contributed by atoms with Crippen LogP contribution in [0.4, 0.5) is 18.9 Å². The molecule has 2 aromatic rings. The average molecular weight is 475 g/mol. The van der Waals surface area contributed by atoms with Crippen LogP contribution in [0.2, 0.25) is 5.02 Å². The van der Waals surface area contributed by atoms with E-state index in [4.69, 9.17) is 25.8 Å². The highest BCUT2D eigenvalue weighted by Crippen LogP contribution is 2.34. The van der Waals surface area contributed by atoms with Gasteiger partial charge in [-0.05, 0) is 12.1 Å². The van der Waals surface area contributed by atoms with Crippen molar-refractivity contribution in [1.29, 1.82) is 0 Å². The van der Waals surface area contributed by atoms with Crippen molar-refractivity contribution < 1.29 is 41.8 Å². The predicted molar refractivity (Wildman–Crippen MR) is 108 cm³/mol. The monoisotopic (exact) mass is 474 g/mol. The average Bonchev–Trinajstić information content (AvgIpc) is 2.75. The third kappa shape index (κ3) is 6.77. The number of ether oxygens (including phenoxy) is 3. The Morgan fingerprint density at radius 1 is 1.00 bits per heavy atom. The van der Waals surface area contributed by atoms with E-state index in [0.29, 0.717) is 0 Å². The number of methoxy groups -OCH3 is 2. The van der Waals surface area contributed by atoms with Gasteiger partial charge in [-0.2, -0.15) is 13.2 Å². The Labute approximate surface area is 185 Å². The molecule has 2 aromatic carbocycles. The van der Waals surface area contributed by atoms with Crippen LogP contribution in [0.3, 0.4) is 0 Å². The van der Waals surface area contributed by atoms with E-state index in [9.17, 15) is 27.6 Å². The summed E-state index contributed by atoms with van der Waals surface area (Å²) in [4.78, 5) is 36.7. The molecule has 0 fully saturated rings. The van der Waals surface area contributed by atoms with E-state index in [1.54, 1.807) is 17.4 Å². The smallest absolute Gasteiger partial charge is 0.405 e. The molecule has 2 rings (SSSR count). The zero-order valence-corrected chi connectivity index (χ0v) is 17.6. The molecule has 2 amide bonds. The van der Waals surface area contributed by atoms with Gasteiger partial charge in [-0.15, -0.1) is 0 Å². The number of amides is 2. The van der Waals surface area contributed by atoms with Crippen LogP contribution in [0, 0.1) is 0 Å². The SMILES string of the molecule is COc1cc(NC(=O)c2ccccc2Cl)c(C(=O)OCC(=O)NCC(F)(F)F)cc1OC. The Balaban J connectivity index is 2.26. The Morgan fingerprint density at radius 2 is 1.62 bits per heavy atom. The second kappa shape index (κ2) is 10.7. The molecule has 0 atom stereocenters. The zero-order valence-electron chi connectivity index (χ0n) is 16.8. The van der Waals surface area contributed by atoms with E-state index in [2.05, 4.69) is 5.32 Å². The number of halogens is 4. The summed E-state index contributed by atoms with van der Waals surface area (Å²) in [7, 11) is 2.64. The summed E-state index contributed by atoms with van der Waals surface area (Å²) in [5, 5.41) is 4.24. The topological polar surface area (TPSA) is 103 Å². The van der Waals surface area contributed by atoms with Crippen LogP contribution >= 0.6 is 11.6 Å². The number of rotatable bonds is 8. The maximum atomic E-state index is 12.6. The second-order valence-corrected chi connectivity index (χ2v) is 6.56. The number of alkyl halides is 3. The summed E-state index contributed by atoms with van der Waals surface area (Å²) < 4.78 is 51.6. The van der Waals surface area contributed by atoms with Gasteiger partial charge in [0.15, 0.2) is 18.1 Å². The third-order valence-corrected chi connectivity index (χ3v) is 4.26. The summed E-state index contributed by atoms with van der Waals surface area (Å²) in [5.74, 6) is -2.63. The number of esters is 1. The maximum absolute atomic E-state index is 12.6. The molecular formula is C20H18ClF3N2O6. The molecule has 0 heterocycles. The minimum atomic E-state index is -4.61. The number of carbonyl (C=O) groups is 3. The quantitative estimate of drug-likeness (QED) is 0.568. The number of benzene rings is 2. The first-order valence-corrected chi connectivity index (χ1v) is 9.26. The van der Waals surface area contributed by atoms with Crippen LogP contribution in [-0.2, 0) is 9.53 Å². The number of nitrogens with one attached hydrogen (secondary N) is 2. The van der Waals surface area contributed by atoms with Crippen molar-refractivity contribution in [1.82, 2.24) is 5.32 Å². The van der Waals surface area contributed by atoms with Crippen LogP contribution in [-0.4, -0.2) is 51.3 Å². The van der Waals surface area contributed by atoms with Crippen molar-refractivity contribution in [3.05, 3.63) is 52.5 Å². The van der Waals surface area contributed by atoms with Gasteiger partial charge in [0.1, 0.15) is 6.54 Å². The molecule has 0 saturated carbocycles. The zero-order chi connectivity index (χ0) is 23.9. The summed E-state index contributed by atoms with van der Waals surface area (Å²) in [6.45, 7) is -2.54. The van der Waals surface area contributed by atoms with Crippen LogP contribution < -0.4 is 20.1 Å². The first-order chi connectivity index (χ1) is 15.1. The van der Waals surface area contributed by atoms with E-state index >= 15 is 0 Å². The van der Waals surface area contributed by atoms with E-state index < -0.39 is 37.1 Å². The van der Waals surface area contributed by atoms with Crippen molar-refractivity contribution in [3.8, 4) is 11.5 Å². The fraction of sp³-hybridized carbons (Fsp3) is 0.250. The van der Waals surface area contributed by atoms with Gasteiger partial charge in [0.2, 0.25) is 0 Å². The lowest BCUT2D eigenvalue weighted by Gasteiger charge is -2.16. The molecule has 2 N–H and O–H groups in total. The van der Waals surface area contributed by atoms with Gasteiger partial charge in [0, 0.05) is 12.1 Å². The molecule has 12 heteroatoms. The number of hydrogen-bond donors (Lipinski definition) is 2.